The molecule has 0 amide bonds. The second-order valence-corrected chi connectivity index (χ2v) is 6.82. The number of rotatable bonds is 4. The maximum Gasteiger partial charge on any atom is 0.330 e. The maximum atomic E-state index is 12.6. The number of benzene rings is 1. The van der Waals surface area contributed by atoms with Gasteiger partial charge < -0.3 is 4.74 Å². The Hall–Kier alpha value is -1.86. The lowest BCUT2D eigenvalue weighted by Crippen LogP contribution is -2.45. The minimum atomic E-state index is -3.98. The van der Waals surface area contributed by atoms with Gasteiger partial charge in [-0.05, 0) is 37.3 Å². The highest BCUT2D eigenvalue weighted by atomic mass is 35.5. The number of carbonyl (C=O) groups excluding carboxylic acids is 2. The zero-order valence-electron chi connectivity index (χ0n) is 11.7. The van der Waals surface area contributed by atoms with E-state index in [2.05, 4.69) is 0 Å². The highest BCUT2D eigenvalue weighted by Gasteiger charge is 2.38. The van der Waals surface area contributed by atoms with Crippen molar-refractivity contribution in [1.82, 2.24) is 4.31 Å². The van der Waals surface area contributed by atoms with Crippen molar-refractivity contribution in [3.8, 4) is 0 Å². The first-order valence-electron chi connectivity index (χ1n) is 6.53. The first-order chi connectivity index (χ1) is 10.4. The third-order valence-electron chi connectivity index (χ3n) is 3.06. The summed E-state index contributed by atoms with van der Waals surface area (Å²) in [7, 11) is -3.98. The van der Waals surface area contributed by atoms with Gasteiger partial charge in [0, 0.05) is 17.6 Å². The van der Waals surface area contributed by atoms with E-state index < -0.39 is 22.0 Å². The Labute approximate surface area is 133 Å². The number of sulfonamides is 1. The molecule has 1 unspecified atom stereocenters. The molecular weight excluding hydrogens is 330 g/mol. The van der Waals surface area contributed by atoms with Gasteiger partial charge in [-0.3, -0.25) is 9.10 Å². The molecule has 1 aromatic rings. The Morgan fingerprint density at radius 3 is 2.59 bits per heavy atom. The molecule has 1 atom stereocenters. The molecule has 1 aliphatic rings. The average Bonchev–Trinajstić information content (AvgIpc) is 2.47. The van der Waals surface area contributed by atoms with E-state index in [1.807, 2.05) is 0 Å². The van der Waals surface area contributed by atoms with Gasteiger partial charge in [0.1, 0.15) is 6.04 Å². The van der Waals surface area contributed by atoms with Crippen LogP contribution in [0.3, 0.4) is 0 Å². The van der Waals surface area contributed by atoms with Crippen LogP contribution in [0.5, 0.6) is 0 Å². The zero-order chi connectivity index (χ0) is 16.3. The third-order valence-corrected chi connectivity index (χ3v) is 5.11. The number of ether oxygens (including phenoxy) is 1. The summed E-state index contributed by atoms with van der Waals surface area (Å²) in [6, 6.07) is 4.35. The Balaban J connectivity index is 2.41. The molecule has 0 radical (unpaired) electrons. The molecule has 1 aliphatic heterocycles. The van der Waals surface area contributed by atoms with E-state index in [1.165, 1.54) is 24.3 Å². The highest BCUT2D eigenvalue weighted by molar-refractivity contribution is 7.89. The quantitative estimate of drug-likeness (QED) is 0.778. The topological polar surface area (TPSA) is 80.8 Å². The molecule has 0 saturated carbocycles. The van der Waals surface area contributed by atoms with E-state index in [9.17, 15) is 18.0 Å². The molecule has 8 heteroatoms. The van der Waals surface area contributed by atoms with Gasteiger partial charge >= 0.3 is 5.97 Å². The van der Waals surface area contributed by atoms with Crippen molar-refractivity contribution in [3.05, 3.63) is 41.6 Å². The second-order valence-electron chi connectivity index (χ2n) is 4.54. The second kappa shape index (κ2) is 6.50. The molecule has 0 aromatic heterocycles. The van der Waals surface area contributed by atoms with Crippen LogP contribution in [-0.4, -0.2) is 37.1 Å². The van der Waals surface area contributed by atoms with E-state index in [-0.39, 0.29) is 23.7 Å². The van der Waals surface area contributed by atoms with Gasteiger partial charge in [-0.1, -0.05) is 11.6 Å². The van der Waals surface area contributed by atoms with Crippen LogP contribution in [0, 0.1) is 0 Å². The number of halogens is 1. The van der Waals surface area contributed by atoms with Gasteiger partial charge in [0.25, 0.3) is 10.0 Å². The molecule has 1 heterocycles. The number of nitrogens with zero attached hydrogens (tertiary/aromatic N) is 1. The number of carbonyl (C=O) groups is 2. The number of allylic oxidation sites excluding steroid dienone is 1. The Bertz CT molecular complexity index is 711. The molecule has 0 spiro atoms. The highest BCUT2D eigenvalue weighted by Crippen LogP contribution is 2.25. The van der Waals surface area contributed by atoms with Crippen LogP contribution in [0.1, 0.15) is 13.3 Å². The molecule has 2 rings (SSSR count). The van der Waals surface area contributed by atoms with E-state index in [0.717, 1.165) is 16.6 Å². The van der Waals surface area contributed by atoms with Crippen molar-refractivity contribution >= 4 is 33.4 Å². The van der Waals surface area contributed by atoms with Gasteiger partial charge in [0.2, 0.25) is 0 Å². The summed E-state index contributed by atoms with van der Waals surface area (Å²) >= 11 is 5.75. The van der Waals surface area contributed by atoms with Crippen molar-refractivity contribution in [2.45, 2.75) is 24.3 Å². The number of ketones is 1. The fourth-order valence-corrected chi connectivity index (χ4v) is 3.58. The van der Waals surface area contributed by atoms with Crippen LogP contribution in [0.25, 0.3) is 0 Å². The molecule has 22 heavy (non-hydrogen) atoms. The predicted molar refractivity (Wildman–Crippen MR) is 79.7 cm³/mol. The predicted octanol–water partition coefficient (Wildman–Crippen LogP) is 1.75. The number of hydrogen-bond donors (Lipinski definition) is 0. The van der Waals surface area contributed by atoms with Crippen LogP contribution < -0.4 is 0 Å². The monoisotopic (exact) mass is 343 g/mol. The van der Waals surface area contributed by atoms with Crippen molar-refractivity contribution in [1.29, 1.82) is 0 Å². The molecule has 118 valence electrons. The van der Waals surface area contributed by atoms with Gasteiger partial charge in [0.05, 0.1) is 11.5 Å². The van der Waals surface area contributed by atoms with E-state index >= 15 is 0 Å². The van der Waals surface area contributed by atoms with Crippen LogP contribution >= 0.6 is 11.6 Å². The summed E-state index contributed by atoms with van der Waals surface area (Å²) in [5.74, 6) is -1.08. The lowest BCUT2D eigenvalue weighted by atomic mass is 10.1. The zero-order valence-corrected chi connectivity index (χ0v) is 13.3. The average molecular weight is 344 g/mol. The molecule has 0 saturated heterocycles. The van der Waals surface area contributed by atoms with Crippen molar-refractivity contribution < 1.29 is 22.7 Å². The summed E-state index contributed by atoms with van der Waals surface area (Å²) in [5.41, 5.74) is 0. The van der Waals surface area contributed by atoms with Crippen LogP contribution in [0.2, 0.25) is 5.02 Å². The summed E-state index contributed by atoms with van der Waals surface area (Å²) < 4.78 is 31.0. The van der Waals surface area contributed by atoms with Crippen LogP contribution in [0.4, 0.5) is 0 Å². The molecule has 0 N–H and O–H groups in total. The number of esters is 1. The third kappa shape index (κ3) is 3.31. The summed E-state index contributed by atoms with van der Waals surface area (Å²) in [6.45, 7) is 1.71. The van der Waals surface area contributed by atoms with Gasteiger partial charge in [-0.25, -0.2) is 13.2 Å². The molecule has 0 bridgehead atoms. The normalized spacial score (nSPS) is 18.4. The Kier molecular flexibility index (Phi) is 4.87. The van der Waals surface area contributed by atoms with Crippen LogP contribution in [0.15, 0.2) is 41.4 Å². The SMILES string of the molecule is CCOC(=O)C1CC(=O)C=CN1S(=O)(=O)c1ccc(Cl)cc1. The first-order valence-corrected chi connectivity index (χ1v) is 8.35. The molecule has 1 aromatic carbocycles. The number of hydrogen-bond acceptors (Lipinski definition) is 5. The molecule has 0 fully saturated rings. The van der Waals surface area contributed by atoms with Crippen molar-refractivity contribution in [2.75, 3.05) is 6.61 Å². The molecule has 6 nitrogen and oxygen atoms in total. The van der Waals surface area contributed by atoms with Crippen LogP contribution in [-0.2, 0) is 24.3 Å². The van der Waals surface area contributed by atoms with E-state index in [1.54, 1.807) is 6.92 Å². The largest absolute Gasteiger partial charge is 0.464 e. The van der Waals surface area contributed by atoms with E-state index in [4.69, 9.17) is 16.3 Å². The Morgan fingerprint density at radius 1 is 1.36 bits per heavy atom. The van der Waals surface area contributed by atoms with Gasteiger partial charge in [-0.2, -0.15) is 0 Å². The van der Waals surface area contributed by atoms with Gasteiger partial charge in [-0.15, -0.1) is 0 Å². The lowest BCUT2D eigenvalue weighted by Gasteiger charge is -2.30. The Morgan fingerprint density at radius 2 is 2.00 bits per heavy atom. The van der Waals surface area contributed by atoms with Gasteiger partial charge in [0.15, 0.2) is 5.78 Å². The molecule has 0 aliphatic carbocycles. The van der Waals surface area contributed by atoms with E-state index in [0.29, 0.717) is 5.02 Å². The summed E-state index contributed by atoms with van der Waals surface area (Å²) in [5, 5.41) is 0.394. The van der Waals surface area contributed by atoms with Crippen molar-refractivity contribution in [2.24, 2.45) is 0 Å². The van der Waals surface area contributed by atoms with Crippen molar-refractivity contribution in [3.63, 3.8) is 0 Å². The lowest BCUT2D eigenvalue weighted by molar-refractivity contribution is -0.148. The molecular formula is C14H14ClNO5S. The minimum Gasteiger partial charge on any atom is -0.464 e. The summed E-state index contributed by atoms with van der Waals surface area (Å²) in [4.78, 5) is 23.4. The minimum absolute atomic E-state index is 0.0230. The summed E-state index contributed by atoms with van der Waals surface area (Å²) in [6.07, 6.45) is 1.97. The first kappa shape index (κ1) is 16.5. The maximum absolute atomic E-state index is 12.6. The fraction of sp³-hybridized carbons (Fsp3) is 0.286. The standard InChI is InChI=1S/C14H14ClNO5S/c1-2-21-14(18)13-9-11(17)7-8-16(13)22(19,20)12-5-3-10(15)4-6-12/h3-8,13H,2,9H2,1H3. The fourth-order valence-electron chi connectivity index (χ4n) is 2.01. The smallest absolute Gasteiger partial charge is 0.330 e.